The molecule has 0 spiro atoms. The number of alkyl halides is 2. The highest BCUT2D eigenvalue weighted by molar-refractivity contribution is 6.05. The first kappa shape index (κ1) is 26.7. The molecule has 0 bridgehead atoms. The van der Waals surface area contributed by atoms with Crippen LogP contribution in [-0.2, 0) is 14.4 Å². The Labute approximate surface area is 234 Å². The number of nitrogens with one attached hydrogen (secondary N) is 1. The van der Waals surface area contributed by atoms with E-state index in [2.05, 4.69) is 20.3 Å². The highest BCUT2D eigenvalue weighted by Gasteiger charge is 2.71. The number of aromatic nitrogens is 2. The number of aliphatic imine (C=N–C) groups is 1. The molecule has 6 rings (SSSR count). The van der Waals surface area contributed by atoms with Crippen LogP contribution >= 0.6 is 0 Å². The van der Waals surface area contributed by atoms with E-state index in [1.165, 1.54) is 30.1 Å². The minimum absolute atomic E-state index is 0.276. The summed E-state index contributed by atoms with van der Waals surface area (Å²) in [7, 11) is 1.49. The van der Waals surface area contributed by atoms with Crippen molar-refractivity contribution < 1.29 is 28.0 Å². The zero-order chi connectivity index (χ0) is 29.2. The molecule has 214 valence electrons. The Hall–Kier alpha value is -4.49. The summed E-state index contributed by atoms with van der Waals surface area (Å²) in [5.41, 5.74) is 1.24. The van der Waals surface area contributed by atoms with Crippen molar-refractivity contribution >= 4 is 41.6 Å². The first-order valence-electron chi connectivity index (χ1n) is 13.2. The summed E-state index contributed by atoms with van der Waals surface area (Å²) < 4.78 is 27.0. The summed E-state index contributed by atoms with van der Waals surface area (Å²) in [4.78, 5) is 69.4. The zero-order valence-corrected chi connectivity index (χ0v) is 22.6. The number of ketones is 1. The number of likely N-dealkylation sites (N-methyl/N-ethyl adjacent to an activating group) is 1. The maximum atomic E-state index is 13.5. The highest BCUT2D eigenvalue weighted by Crippen LogP contribution is 2.59. The lowest BCUT2D eigenvalue weighted by atomic mass is 10.1. The second-order valence-corrected chi connectivity index (χ2v) is 10.9. The number of hydrogen-bond acceptors (Lipinski definition) is 9. The number of carbonyl (C=O) groups excluding carboxylic acids is 4. The number of amides is 4. The minimum Gasteiger partial charge on any atom is -0.356 e. The van der Waals surface area contributed by atoms with Gasteiger partial charge in [0.25, 0.3) is 11.8 Å². The fraction of sp³-hybridized carbons (Fsp3) is 0.444. The third-order valence-corrected chi connectivity index (χ3v) is 8.18. The number of carbonyl (C=O) groups is 4. The van der Waals surface area contributed by atoms with E-state index in [4.69, 9.17) is 0 Å². The van der Waals surface area contributed by atoms with Crippen LogP contribution in [0.2, 0.25) is 0 Å². The normalized spacial score (nSPS) is 26.7. The molecule has 1 saturated carbocycles. The lowest BCUT2D eigenvalue weighted by molar-refractivity contribution is -0.141. The van der Waals surface area contributed by atoms with Crippen LogP contribution in [0.4, 0.5) is 25.2 Å². The molecule has 1 aliphatic carbocycles. The third kappa shape index (κ3) is 4.46. The number of nitrogens with zero attached hydrogens (tertiary/aromatic N) is 7. The number of imide groups is 1. The van der Waals surface area contributed by atoms with Crippen LogP contribution in [0, 0.1) is 11.8 Å². The van der Waals surface area contributed by atoms with Crippen LogP contribution < -0.4 is 10.2 Å². The molecule has 2 saturated heterocycles. The summed E-state index contributed by atoms with van der Waals surface area (Å²) in [6.45, 7) is 3.11. The largest absolute Gasteiger partial charge is 0.356 e. The van der Waals surface area contributed by atoms with E-state index in [1.54, 1.807) is 43.5 Å². The molecule has 5 atom stereocenters. The fourth-order valence-electron chi connectivity index (χ4n) is 5.74. The number of rotatable bonds is 7. The van der Waals surface area contributed by atoms with Gasteiger partial charge in [0.2, 0.25) is 5.91 Å². The molecular formula is C27H28F2N8O4. The van der Waals surface area contributed by atoms with E-state index >= 15 is 0 Å². The fourth-order valence-corrected chi connectivity index (χ4v) is 5.74. The van der Waals surface area contributed by atoms with Gasteiger partial charge in [-0.2, -0.15) is 0 Å². The molecule has 2 aromatic heterocycles. The van der Waals surface area contributed by atoms with E-state index < -0.39 is 53.9 Å². The van der Waals surface area contributed by atoms with Crippen LogP contribution in [0.1, 0.15) is 13.8 Å². The molecule has 2 aromatic rings. The Morgan fingerprint density at radius 1 is 1.15 bits per heavy atom. The van der Waals surface area contributed by atoms with Gasteiger partial charge >= 0.3 is 6.03 Å². The Bertz CT molecular complexity index is 1450. The van der Waals surface area contributed by atoms with Crippen LogP contribution in [0.5, 0.6) is 0 Å². The third-order valence-electron chi connectivity index (χ3n) is 8.18. The summed E-state index contributed by atoms with van der Waals surface area (Å²) >= 11 is 0. The van der Waals surface area contributed by atoms with Gasteiger partial charge in [-0.3, -0.25) is 19.3 Å². The molecule has 0 aromatic carbocycles. The van der Waals surface area contributed by atoms with Crippen molar-refractivity contribution in [3.63, 3.8) is 0 Å². The standard InChI is InChI=1S/C27H28F2N8O4/c1-14(38)10-36-25(40)22-23(34(3)26(36)41)31-13-37(22)15(2)24(39)33-20-6-4-5-19(32-20)16-7-8-21(30-9-16)35-11-17-18(12-35)27(17,28)29/h4-9,13,15,17-18,22-23H,10-12H2,1-3H3,(H,32,33,39)/t15-,17?,18?,22?,23?/m0/s1. The zero-order valence-electron chi connectivity index (χ0n) is 22.6. The minimum atomic E-state index is -2.55. The summed E-state index contributed by atoms with van der Waals surface area (Å²) in [6, 6.07) is 6.26. The van der Waals surface area contributed by atoms with Crippen LogP contribution in [0.25, 0.3) is 11.3 Å². The summed E-state index contributed by atoms with van der Waals surface area (Å²) in [5.74, 6) is -4.22. The van der Waals surface area contributed by atoms with E-state index in [0.717, 1.165) is 4.90 Å². The molecule has 1 N–H and O–H groups in total. The van der Waals surface area contributed by atoms with E-state index in [1.807, 2.05) is 4.90 Å². The van der Waals surface area contributed by atoms with Crippen molar-refractivity contribution in [3.8, 4) is 11.3 Å². The van der Waals surface area contributed by atoms with Crippen molar-refractivity contribution in [1.29, 1.82) is 0 Å². The second-order valence-electron chi connectivity index (χ2n) is 10.9. The lowest BCUT2D eigenvalue weighted by Crippen LogP contribution is -2.66. The SMILES string of the molecule is CC(=O)CN1C(=O)C2C(N=CN2[C@@H](C)C(=O)Nc2cccc(-c3ccc(N4CC5C(C4)C5(F)F)nc3)n2)N(C)C1=O. The molecule has 5 heterocycles. The predicted octanol–water partition coefficient (Wildman–Crippen LogP) is 1.69. The lowest BCUT2D eigenvalue weighted by Gasteiger charge is -2.41. The van der Waals surface area contributed by atoms with Gasteiger partial charge < -0.3 is 20.0 Å². The maximum absolute atomic E-state index is 13.5. The molecule has 14 heteroatoms. The van der Waals surface area contributed by atoms with Gasteiger partial charge in [0.15, 0.2) is 12.2 Å². The maximum Gasteiger partial charge on any atom is 0.328 e. The predicted molar refractivity (Wildman–Crippen MR) is 143 cm³/mol. The summed E-state index contributed by atoms with van der Waals surface area (Å²) in [5, 5.41) is 2.76. The molecule has 4 aliphatic rings. The van der Waals surface area contributed by atoms with Gasteiger partial charge in [-0.25, -0.2) is 28.5 Å². The van der Waals surface area contributed by atoms with Gasteiger partial charge in [-0.05, 0) is 38.1 Å². The molecule has 3 aliphatic heterocycles. The molecule has 4 amide bonds. The summed E-state index contributed by atoms with van der Waals surface area (Å²) in [6.07, 6.45) is 2.18. The number of fused-ring (bicyclic) bond motifs is 2. The van der Waals surface area contributed by atoms with Crippen molar-refractivity contribution in [2.45, 2.75) is 38.0 Å². The van der Waals surface area contributed by atoms with Crippen molar-refractivity contribution in [3.05, 3.63) is 36.5 Å². The van der Waals surface area contributed by atoms with Gasteiger partial charge in [-0.1, -0.05) is 6.07 Å². The van der Waals surface area contributed by atoms with E-state index in [-0.39, 0.29) is 31.2 Å². The van der Waals surface area contributed by atoms with Crippen molar-refractivity contribution in [2.75, 3.05) is 36.9 Å². The second kappa shape index (κ2) is 9.56. The van der Waals surface area contributed by atoms with Gasteiger partial charge in [0.1, 0.15) is 23.5 Å². The van der Waals surface area contributed by atoms with Crippen LogP contribution in [0.3, 0.4) is 0 Å². The number of Topliss-reactive ketones (excluding diaryl/α,β-unsaturated/α-hetero) is 1. The van der Waals surface area contributed by atoms with Gasteiger partial charge in [0, 0.05) is 31.9 Å². The quantitative estimate of drug-likeness (QED) is 0.536. The van der Waals surface area contributed by atoms with E-state index in [9.17, 15) is 28.0 Å². The van der Waals surface area contributed by atoms with E-state index in [0.29, 0.717) is 17.1 Å². The van der Waals surface area contributed by atoms with Gasteiger partial charge in [0.05, 0.1) is 30.4 Å². The number of anilines is 2. The Balaban J connectivity index is 1.12. The van der Waals surface area contributed by atoms with Crippen molar-refractivity contribution in [2.24, 2.45) is 16.8 Å². The highest BCUT2D eigenvalue weighted by atomic mass is 19.3. The number of pyridine rings is 2. The Morgan fingerprint density at radius 2 is 1.88 bits per heavy atom. The Kier molecular flexibility index (Phi) is 6.23. The average molecular weight is 567 g/mol. The molecular weight excluding hydrogens is 538 g/mol. The van der Waals surface area contributed by atoms with Crippen molar-refractivity contribution in [1.82, 2.24) is 24.7 Å². The average Bonchev–Trinajstić information content (AvgIpc) is 3.38. The molecule has 0 radical (unpaired) electrons. The van der Waals surface area contributed by atoms with Crippen LogP contribution in [0.15, 0.2) is 41.5 Å². The monoisotopic (exact) mass is 566 g/mol. The molecule has 4 unspecified atom stereocenters. The first-order valence-corrected chi connectivity index (χ1v) is 13.2. The topological polar surface area (TPSA) is 131 Å². The molecule has 12 nitrogen and oxygen atoms in total. The van der Waals surface area contributed by atoms with Gasteiger partial charge in [-0.15, -0.1) is 0 Å². The smallest absolute Gasteiger partial charge is 0.328 e. The number of hydrogen-bond donors (Lipinski definition) is 1. The molecule has 3 fully saturated rings. The first-order chi connectivity index (χ1) is 19.5. The number of urea groups is 1. The number of halogens is 2. The molecule has 41 heavy (non-hydrogen) atoms. The number of piperidine rings is 1. The Morgan fingerprint density at radius 3 is 2.54 bits per heavy atom. The van der Waals surface area contributed by atoms with Crippen LogP contribution in [-0.4, -0.2) is 105 Å².